The molecule has 4 N–H and O–H groups in total. The number of ether oxygens (including phenoxy) is 2. The Kier molecular flexibility index (Phi) is 8.35. The Bertz CT molecular complexity index is 911. The minimum absolute atomic E-state index is 0.0544. The molecular weight excluding hydrogens is 406 g/mol. The van der Waals surface area contributed by atoms with Crippen LogP contribution in [0.2, 0.25) is 0 Å². The van der Waals surface area contributed by atoms with Gasteiger partial charge in [-0.05, 0) is 22.9 Å². The summed E-state index contributed by atoms with van der Waals surface area (Å²) in [4.78, 5) is 34.5. The van der Waals surface area contributed by atoms with Crippen LogP contribution in [0.5, 0.6) is 5.75 Å². The second-order valence-electron chi connectivity index (χ2n) is 7.58. The number of hydrogen-bond donors (Lipinski definition) is 4. The van der Waals surface area contributed by atoms with Gasteiger partial charge in [0.25, 0.3) is 0 Å². The van der Waals surface area contributed by atoms with Crippen molar-refractivity contribution in [3.05, 3.63) is 42.5 Å². The predicted octanol–water partition coefficient (Wildman–Crippen LogP) is 1.81. The highest BCUT2D eigenvalue weighted by Gasteiger charge is 2.43. The molecule has 9 heteroatoms. The number of fused-ring (bicyclic) bond motifs is 1. The van der Waals surface area contributed by atoms with Gasteiger partial charge in [-0.2, -0.15) is 0 Å². The van der Waals surface area contributed by atoms with Crippen LogP contribution in [0.15, 0.2) is 42.5 Å². The minimum Gasteiger partial charge on any atom is -0.490 e. The smallest absolute Gasteiger partial charge is 0.339 e. The van der Waals surface area contributed by atoms with Gasteiger partial charge in [0.05, 0.1) is 12.8 Å². The second-order valence-corrected chi connectivity index (χ2v) is 7.58. The third-order valence-corrected chi connectivity index (χ3v) is 4.45. The highest BCUT2D eigenvalue weighted by atomic mass is 16.6. The maximum atomic E-state index is 12.5. The molecule has 0 spiro atoms. The highest BCUT2D eigenvalue weighted by Crippen LogP contribution is 2.22. The van der Waals surface area contributed by atoms with Crippen molar-refractivity contribution < 1.29 is 39.2 Å². The van der Waals surface area contributed by atoms with Crippen LogP contribution >= 0.6 is 0 Å². The average Bonchev–Trinajstić information content (AvgIpc) is 2.68. The molecule has 0 aromatic heterocycles. The monoisotopic (exact) mass is 433 g/mol. The largest absolute Gasteiger partial charge is 0.490 e. The zero-order valence-corrected chi connectivity index (χ0v) is 17.4. The normalized spacial score (nSPS) is 12.5. The van der Waals surface area contributed by atoms with Crippen molar-refractivity contribution in [2.75, 3.05) is 13.2 Å². The molecule has 0 aliphatic heterocycles. The van der Waals surface area contributed by atoms with Gasteiger partial charge >= 0.3 is 17.9 Å². The van der Waals surface area contributed by atoms with Crippen LogP contribution in [0, 0.1) is 0 Å². The van der Waals surface area contributed by atoms with Crippen molar-refractivity contribution >= 4 is 28.7 Å². The van der Waals surface area contributed by atoms with Gasteiger partial charge in [0.15, 0.2) is 5.60 Å². The van der Waals surface area contributed by atoms with E-state index in [9.17, 15) is 19.5 Å². The Morgan fingerprint density at radius 3 is 2.19 bits per heavy atom. The molecular formula is C22H27NO8. The highest BCUT2D eigenvalue weighted by molar-refractivity contribution is 5.89. The average molecular weight is 433 g/mol. The number of benzene rings is 2. The number of nitrogens with one attached hydrogen (secondary N) is 1. The summed E-state index contributed by atoms with van der Waals surface area (Å²) in [7, 11) is 0. The zero-order valence-electron chi connectivity index (χ0n) is 17.4. The molecule has 0 aliphatic rings. The van der Waals surface area contributed by atoms with Gasteiger partial charge in [0.2, 0.25) is 0 Å². The molecule has 0 amide bonds. The fraction of sp³-hybridized carbons (Fsp3) is 0.409. The first kappa shape index (κ1) is 24.1. The van der Waals surface area contributed by atoms with Gasteiger partial charge in [0, 0.05) is 12.6 Å². The quantitative estimate of drug-likeness (QED) is 0.369. The van der Waals surface area contributed by atoms with Crippen molar-refractivity contribution in [3.8, 4) is 5.75 Å². The van der Waals surface area contributed by atoms with E-state index in [1.165, 1.54) is 0 Å². The van der Waals surface area contributed by atoms with Crippen molar-refractivity contribution in [1.29, 1.82) is 0 Å². The van der Waals surface area contributed by atoms with Crippen LogP contribution in [0.3, 0.4) is 0 Å². The van der Waals surface area contributed by atoms with Crippen molar-refractivity contribution in [2.24, 2.45) is 0 Å². The molecule has 0 bridgehead atoms. The molecule has 1 atom stereocenters. The minimum atomic E-state index is -2.68. The summed E-state index contributed by atoms with van der Waals surface area (Å²) in [6, 6.07) is 13.2. The first-order chi connectivity index (χ1) is 14.6. The van der Waals surface area contributed by atoms with Crippen molar-refractivity contribution in [3.63, 3.8) is 0 Å². The number of carbonyl (C=O) groups is 3. The molecule has 2 aromatic carbocycles. The molecule has 0 fully saturated rings. The van der Waals surface area contributed by atoms with E-state index in [2.05, 4.69) is 5.32 Å². The molecule has 31 heavy (non-hydrogen) atoms. The van der Waals surface area contributed by atoms with E-state index >= 15 is 0 Å². The fourth-order valence-corrected chi connectivity index (χ4v) is 2.92. The molecule has 0 heterocycles. The molecule has 0 aliphatic carbocycles. The number of rotatable bonds is 12. The number of hydrogen-bond acceptors (Lipinski definition) is 7. The number of esters is 1. The molecule has 9 nitrogen and oxygen atoms in total. The van der Waals surface area contributed by atoms with E-state index in [0.717, 1.165) is 10.8 Å². The topological polar surface area (TPSA) is 142 Å². The molecule has 168 valence electrons. The van der Waals surface area contributed by atoms with Crippen molar-refractivity contribution in [2.45, 2.75) is 44.4 Å². The fourth-order valence-electron chi connectivity index (χ4n) is 2.92. The Labute approximate surface area is 179 Å². The van der Waals surface area contributed by atoms with E-state index < -0.39 is 42.5 Å². The number of carboxylic acids is 2. The first-order valence-electron chi connectivity index (χ1n) is 9.81. The Balaban J connectivity index is 2.12. The summed E-state index contributed by atoms with van der Waals surface area (Å²) in [6.45, 7) is 3.84. The Hall–Kier alpha value is -3.17. The lowest BCUT2D eigenvalue weighted by Gasteiger charge is -2.27. The van der Waals surface area contributed by atoms with Crippen LogP contribution in [-0.4, -0.2) is 64.1 Å². The Morgan fingerprint density at radius 2 is 1.61 bits per heavy atom. The summed E-state index contributed by atoms with van der Waals surface area (Å²) < 4.78 is 11.0. The second kappa shape index (κ2) is 10.7. The van der Waals surface area contributed by atoms with Gasteiger partial charge in [-0.3, -0.25) is 9.59 Å². The first-order valence-corrected chi connectivity index (χ1v) is 9.81. The molecule has 1 unspecified atom stereocenters. The van der Waals surface area contributed by atoms with Gasteiger partial charge in [-0.15, -0.1) is 0 Å². The third-order valence-electron chi connectivity index (χ3n) is 4.45. The lowest BCUT2D eigenvalue weighted by molar-refractivity contribution is -0.180. The maximum Gasteiger partial charge on any atom is 0.339 e. The molecule has 0 saturated carbocycles. The maximum absolute atomic E-state index is 12.5. The van der Waals surface area contributed by atoms with Crippen LogP contribution < -0.4 is 10.1 Å². The van der Waals surface area contributed by atoms with E-state index in [4.69, 9.17) is 19.7 Å². The lowest BCUT2D eigenvalue weighted by Crippen LogP contribution is -2.48. The van der Waals surface area contributed by atoms with E-state index in [0.29, 0.717) is 5.75 Å². The summed E-state index contributed by atoms with van der Waals surface area (Å²) >= 11 is 0. The van der Waals surface area contributed by atoms with Gasteiger partial charge < -0.3 is 30.1 Å². The van der Waals surface area contributed by atoms with E-state index in [1.54, 1.807) is 6.07 Å². The van der Waals surface area contributed by atoms with Gasteiger partial charge in [-0.25, -0.2) is 4.79 Å². The summed E-state index contributed by atoms with van der Waals surface area (Å²) in [5, 5.41) is 33.4. The predicted molar refractivity (Wildman–Crippen MR) is 112 cm³/mol. The van der Waals surface area contributed by atoms with Crippen LogP contribution in [0.4, 0.5) is 0 Å². The van der Waals surface area contributed by atoms with Crippen LogP contribution in [0.25, 0.3) is 10.8 Å². The summed E-state index contributed by atoms with van der Waals surface area (Å²) in [6.07, 6.45) is -3.07. The lowest BCUT2D eigenvalue weighted by atomic mass is 9.95. The van der Waals surface area contributed by atoms with E-state index in [-0.39, 0.29) is 19.2 Å². The standard InChI is InChI=1S/C22H27NO8/c1-14(2)23-12-18(31-21(28)22(29,10-19(24)25)11-20(26)27)13-30-17-8-7-15-5-3-4-6-16(15)9-17/h3-9,14,18,23,29H,10-13H2,1-2H3,(H,24,25)(H,26,27). The van der Waals surface area contributed by atoms with Gasteiger partial charge in [-0.1, -0.05) is 44.2 Å². The number of carboxylic acid groups (broad SMARTS) is 2. The molecule has 0 saturated heterocycles. The van der Waals surface area contributed by atoms with Crippen LogP contribution in [0.1, 0.15) is 26.7 Å². The molecule has 2 aromatic rings. The number of aliphatic hydroxyl groups is 1. The number of aliphatic carboxylic acids is 2. The molecule has 2 rings (SSSR count). The Morgan fingerprint density at radius 1 is 1.00 bits per heavy atom. The van der Waals surface area contributed by atoms with Crippen molar-refractivity contribution in [1.82, 2.24) is 5.32 Å². The number of carbonyl (C=O) groups excluding carboxylic acids is 1. The van der Waals surface area contributed by atoms with Crippen LogP contribution in [-0.2, 0) is 19.1 Å². The summed E-state index contributed by atoms with van der Waals surface area (Å²) in [5.74, 6) is -3.83. The third kappa shape index (κ3) is 7.54. The van der Waals surface area contributed by atoms with Gasteiger partial charge in [0.1, 0.15) is 18.5 Å². The molecule has 0 radical (unpaired) electrons. The zero-order chi connectivity index (χ0) is 23.0. The van der Waals surface area contributed by atoms with E-state index in [1.807, 2.05) is 50.2 Å². The SMILES string of the molecule is CC(C)NCC(COc1ccc2ccccc2c1)OC(=O)C(O)(CC(=O)O)CC(=O)O. The summed E-state index contributed by atoms with van der Waals surface area (Å²) in [5.41, 5.74) is -2.68.